The van der Waals surface area contributed by atoms with Crippen molar-refractivity contribution < 1.29 is 26.7 Å². The van der Waals surface area contributed by atoms with Crippen molar-refractivity contribution in [2.45, 2.75) is 6.04 Å². The van der Waals surface area contributed by atoms with Crippen LogP contribution in [0.4, 0.5) is 14.5 Å². The third kappa shape index (κ3) is 4.08. The lowest BCUT2D eigenvalue weighted by atomic mass is 10.1. The average molecular weight is 426 g/mol. The minimum atomic E-state index is -3.85. The number of nitrogens with one attached hydrogen (secondary N) is 1. The normalized spacial score (nSPS) is 18.1. The van der Waals surface area contributed by atoms with Gasteiger partial charge in [-0.1, -0.05) is 0 Å². The van der Waals surface area contributed by atoms with Gasteiger partial charge in [-0.2, -0.15) is 0 Å². The minimum Gasteiger partial charge on any atom is -0.480 e. The highest BCUT2D eigenvalue weighted by atomic mass is 32.2. The number of benzene rings is 1. The zero-order valence-corrected chi connectivity index (χ0v) is 16.1. The van der Waals surface area contributed by atoms with E-state index in [1.54, 1.807) is 0 Å². The number of carbonyl (C=O) groups excluding carboxylic acids is 1. The summed E-state index contributed by atoms with van der Waals surface area (Å²) in [4.78, 5) is 23.9. The maximum Gasteiger partial charge on any atom is 0.275 e. The van der Waals surface area contributed by atoms with Gasteiger partial charge in [0.2, 0.25) is 21.9 Å². The van der Waals surface area contributed by atoms with Crippen molar-refractivity contribution in [1.82, 2.24) is 14.3 Å². The lowest BCUT2D eigenvalue weighted by molar-refractivity contribution is 0.102. The Labute approximate surface area is 164 Å². The molecule has 1 amide bonds. The number of ether oxygens (including phenoxy) is 1. The molecule has 0 fully saturated rings. The molecular formula is C16H16F2N6O4S. The van der Waals surface area contributed by atoms with Crippen molar-refractivity contribution in [2.75, 3.05) is 25.2 Å². The van der Waals surface area contributed by atoms with Crippen LogP contribution in [0.2, 0.25) is 0 Å². The third-order valence-electron chi connectivity index (χ3n) is 4.14. The van der Waals surface area contributed by atoms with Crippen molar-refractivity contribution in [3.63, 3.8) is 0 Å². The van der Waals surface area contributed by atoms with Crippen LogP contribution in [0.15, 0.2) is 29.5 Å². The highest BCUT2D eigenvalue weighted by molar-refractivity contribution is 7.89. The highest BCUT2D eigenvalue weighted by Gasteiger charge is 2.33. The summed E-state index contributed by atoms with van der Waals surface area (Å²) in [5, 5.41) is 2.36. The van der Waals surface area contributed by atoms with Crippen LogP contribution in [0.25, 0.3) is 0 Å². The van der Waals surface area contributed by atoms with Gasteiger partial charge in [0, 0.05) is 24.4 Å². The number of anilines is 1. The molecule has 154 valence electrons. The first kappa shape index (κ1) is 20.4. The van der Waals surface area contributed by atoms with Crippen LogP contribution in [0.1, 0.15) is 22.1 Å². The fraction of sp³-hybridized carbons (Fsp3) is 0.250. The van der Waals surface area contributed by atoms with E-state index < -0.39 is 39.4 Å². The summed E-state index contributed by atoms with van der Waals surface area (Å²) in [7, 11) is -1.27. The lowest BCUT2D eigenvalue weighted by Crippen LogP contribution is -2.45. The predicted octanol–water partition coefficient (Wildman–Crippen LogP) is 0.647. The molecule has 1 aliphatic heterocycles. The molecule has 0 aliphatic carbocycles. The van der Waals surface area contributed by atoms with Gasteiger partial charge in [0.15, 0.2) is 11.6 Å². The summed E-state index contributed by atoms with van der Waals surface area (Å²) in [5.41, 5.74) is 5.00. The van der Waals surface area contributed by atoms with E-state index in [1.807, 2.05) is 0 Å². The van der Waals surface area contributed by atoms with Gasteiger partial charge in [-0.15, -0.1) is 0 Å². The van der Waals surface area contributed by atoms with Gasteiger partial charge in [-0.05, 0) is 6.07 Å². The van der Waals surface area contributed by atoms with Gasteiger partial charge in [-0.25, -0.2) is 36.5 Å². The molecule has 2 aromatic rings. The topological polar surface area (TPSA) is 140 Å². The molecule has 2 heterocycles. The molecule has 13 heteroatoms. The number of nitrogens with two attached hydrogens (primary N) is 1. The monoisotopic (exact) mass is 426 g/mol. The van der Waals surface area contributed by atoms with Gasteiger partial charge in [0.25, 0.3) is 5.91 Å². The number of sulfonamides is 1. The SMILES string of the molecule is COc1cnc(C(=O)Nc2cc(F)c(F)c([C@@H]3CS(=O)(=O)N(C)C(N)=N3)c2)cn1. The van der Waals surface area contributed by atoms with Crippen LogP contribution >= 0.6 is 0 Å². The van der Waals surface area contributed by atoms with Crippen molar-refractivity contribution in [3.05, 3.63) is 47.4 Å². The minimum absolute atomic E-state index is 0.0961. The van der Waals surface area contributed by atoms with E-state index in [9.17, 15) is 22.0 Å². The van der Waals surface area contributed by atoms with Crippen molar-refractivity contribution in [3.8, 4) is 5.88 Å². The van der Waals surface area contributed by atoms with Crippen molar-refractivity contribution in [1.29, 1.82) is 0 Å². The summed E-state index contributed by atoms with van der Waals surface area (Å²) in [6.07, 6.45) is 2.36. The molecule has 0 spiro atoms. The number of aliphatic imine (C=N–C) groups is 1. The molecule has 29 heavy (non-hydrogen) atoms. The number of methoxy groups -OCH3 is 1. The smallest absolute Gasteiger partial charge is 0.275 e. The van der Waals surface area contributed by atoms with Gasteiger partial charge in [0.05, 0.1) is 31.3 Å². The van der Waals surface area contributed by atoms with E-state index in [1.165, 1.54) is 20.4 Å². The predicted molar refractivity (Wildman–Crippen MR) is 98.8 cm³/mol. The van der Waals surface area contributed by atoms with Gasteiger partial charge < -0.3 is 15.8 Å². The molecule has 0 saturated carbocycles. The fourth-order valence-electron chi connectivity index (χ4n) is 2.55. The van der Waals surface area contributed by atoms with Crippen LogP contribution in [0, 0.1) is 11.6 Å². The van der Waals surface area contributed by atoms with E-state index in [2.05, 4.69) is 20.3 Å². The second-order valence-electron chi connectivity index (χ2n) is 6.01. The Hall–Kier alpha value is -3.35. The number of carbonyl (C=O) groups is 1. The van der Waals surface area contributed by atoms with Crippen LogP contribution in [-0.4, -0.2) is 54.5 Å². The number of guanidine groups is 1. The van der Waals surface area contributed by atoms with Crippen molar-refractivity contribution >= 4 is 27.6 Å². The third-order valence-corrected chi connectivity index (χ3v) is 5.90. The molecule has 1 aromatic carbocycles. The Balaban J connectivity index is 1.92. The molecular weight excluding hydrogens is 410 g/mol. The standard InChI is InChI=1S/C16H16F2N6O4S/c1-24-16(19)23-12(7-29(24,26)27)9-3-8(4-10(17)14(9)18)22-15(25)11-5-21-13(28-2)6-20-11/h3-6,12H,7H2,1-2H3,(H2,19,23)(H,22,25)/t12-/m0/s1. The second kappa shape index (κ2) is 7.58. The number of hydrogen-bond acceptors (Lipinski definition) is 8. The van der Waals surface area contributed by atoms with Crippen LogP contribution < -0.4 is 15.8 Å². The van der Waals surface area contributed by atoms with Crippen LogP contribution in [-0.2, 0) is 10.0 Å². The van der Waals surface area contributed by atoms with E-state index in [4.69, 9.17) is 10.5 Å². The van der Waals surface area contributed by atoms with E-state index in [-0.39, 0.29) is 28.8 Å². The quantitative estimate of drug-likeness (QED) is 0.731. The Bertz CT molecular complexity index is 1090. The first-order valence-corrected chi connectivity index (χ1v) is 9.69. The second-order valence-corrected chi connectivity index (χ2v) is 8.05. The Morgan fingerprint density at radius 1 is 1.31 bits per heavy atom. The molecule has 0 radical (unpaired) electrons. The number of aromatic nitrogens is 2. The zero-order chi connectivity index (χ0) is 21.3. The van der Waals surface area contributed by atoms with Gasteiger partial charge >= 0.3 is 0 Å². The summed E-state index contributed by atoms with van der Waals surface area (Å²) in [6, 6.07) is 0.572. The van der Waals surface area contributed by atoms with Gasteiger partial charge in [-0.3, -0.25) is 4.79 Å². The van der Waals surface area contributed by atoms with Crippen LogP contribution in [0.3, 0.4) is 0 Å². The number of rotatable bonds is 4. The Kier molecular flexibility index (Phi) is 5.33. The molecule has 0 bridgehead atoms. The lowest BCUT2D eigenvalue weighted by Gasteiger charge is -2.27. The summed E-state index contributed by atoms with van der Waals surface area (Å²) >= 11 is 0. The number of nitrogens with zero attached hydrogens (tertiary/aromatic N) is 4. The Morgan fingerprint density at radius 2 is 2.03 bits per heavy atom. The average Bonchev–Trinajstić information content (AvgIpc) is 2.68. The molecule has 0 unspecified atom stereocenters. The van der Waals surface area contributed by atoms with E-state index in [0.29, 0.717) is 0 Å². The van der Waals surface area contributed by atoms with Crippen LogP contribution in [0.5, 0.6) is 5.88 Å². The number of hydrogen-bond donors (Lipinski definition) is 2. The number of halogens is 2. The summed E-state index contributed by atoms with van der Waals surface area (Å²) < 4.78 is 58.3. The van der Waals surface area contributed by atoms with E-state index >= 15 is 0 Å². The van der Waals surface area contributed by atoms with Gasteiger partial charge in [0.1, 0.15) is 5.69 Å². The maximum absolute atomic E-state index is 14.3. The Morgan fingerprint density at radius 3 is 2.62 bits per heavy atom. The molecule has 1 atom stereocenters. The summed E-state index contributed by atoms with van der Waals surface area (Å²) in [6.45, 7) is 0. The fourth-order valence-corrected chi connectivity index (χ4v) is 3.76. The summed E-state index contributed by atoms with van der Waals surface area (Å²) in [5.74, 6) is -4.09. The number of amides is 1. The largest absolute Gasteiger partial charge is 0.480 e. The molecule has 0 saturated heterocycles. The molecule has 1 aliphatic rings. The molecule has 3 N–H and O–H groups in total. The van der Waals surface area contributed by atoms with Crippen molar-refractivity contribution in [2.24, 2.45) is 10.7 Å². The first-order chi connectivity index (χ1) is 13.6. The molecule has 10 nitrogen and oxygen atoms in total. The molecule has 3 rings (SSSR count). The maximum atomic E-state index is 14.3. The molecule has 1 aromatic heterocycles. The zero-order valence-electron chi connectivity index (χ0n) is 15.3. The van der Waals surface area contributed by atoms with E-state index in [0.717, 1.165) is 22.6 Å². The first-order valence-electron chi connectivity index (χ1n) is 8.08. The highest BCUT2D eigenvalue weighted by Crippen LogP contribution is 2.30.